The van der Waals surface area contributed by atoms with Gasteiger partial charge in [-0.15, -0.1) is 4.68 Å². The van der Waals surface area contributed by atoms with Crippen LogP contribution in [0.2, 0.25) is 0 Å². The zero-order chi connectivity index (χ0) is 17.1. The molecule has 124 valence electrons. The molecule has 0 radical (unpaired) electrons. The van der Waals surface area contributed by atoms with Crippen LogP contribution in [-0.4, -0.2) is 10.8 Å². The highest BCUT2D eigenvalue weighted by Gasteiger charge is 2.30. The molecule has 1 atom stereocenters. The summed E-state index contributed by atoms with van der Waals surface area (Å²) in [6.07, 6.45) is 1.14. The van der Waals surface area contributed by atoms with Crippen LogP contribution in [0.4, 0.5) is 0 Å². The largest absolute Gasteiger partial charge is 0.482 e. The predicted octanol–water partition coefficient (Wildman–Crippen LogP) is 4.36. The molecule has 3 nitrogen and oxygen atoms in total. The minimum atomic E-state index is 0.164. The van der Waals surface area contributed by atoms with Crippen LogP contribution in [0.25, 0.3) is 22.5 Å². The summed E-state index contributed by atoms with van der Waals surface area (Å²) in [5, 5.41) is 0. The summed E-state index contributed by atoms with van der Waals surface area (Å²) in [5.41, 5.74) is 4.54. The molecule has 0 N–H and O–H groups in total. The molecule has 0 aliphatic carbocycles. The van der Waals surface area contributed by atoms with Crippen molar-refractivity contribution in [1.29, 1.82) is 0 Å². The summed E-state index contributed by atoms with van der Waals surface area (Å²) in [6.45, 7) is 4.27. The number of aromatic nitrogens is 2. The number of hydrogen-bond acceptors (Lipinski definition) is 1. The third-order valence-electron chi connectivity index (χ3n) is 4.52. The van der Waals surface area contributed by atoms with Crippen LogP contribution in [0.5, 0.6) is 5.75 Å². The Morgan fingerprint density at radius 3 is 2.04 bits per heavy atom. The fourth-order valence-electron chi connectivity index (χ4n) is 2.93. The topological polar surface area (TPSA) is 18.0 Å². The zero-order valence-electron chi connectivity index (χ0n) is 14.9. The summed E-state index contributed by atoms with van der Waals surface area (Å²) in [4.78, 5) is 0. The van der Waals surface area contributed by atoms with E-state index in [2.05, 4.69) is 85.8 Å². The van der Waals surface area contributed by atoms with Crippen LogP contribution >= 0.6 is 0 Å². The third kappa shape index (κ3) is 2.94. The van der Waals surface area contributed by atoms with E-state index in [1.807, 2.05) is 12.1 Å². The Balaban J connectivity index is 2.26. The molecule has 3 heteroatoms. The van der Waals surface area contributed by atoms with Gasteiger partial charge in [0.05, 0.1) is 18.7 Å². The van der Waals surface area contributed by atoms with Gasteiger partial charge < -0.3 is 4.74 Å². The van der Waals surface area contributed by atoms with Crippen molar-refractivity contribution in [2.75, 3.05) is 0 Å². The normalized spacial score (nSPS) is 12.2. The first-order valence-corrected chi connectivity index (χ1v) is 8.50. The maximum atomic E-state index is 6.39. The first kappa shape index (κ1) is 16.3. The molecular formula is C21H25N2O+. The van der Waals surface area contributed by atoms with Crippen LogP contribution in [0.3, 0.4) is 0 Å². The highest BCUT2D eigenvalue weighted by atomic mass is 16.5. The standard InChI is InChI=1S/C21H25N2O/c1-5-16(2)24-21-19(17-12-8-6-9-13-17)22(3)23(4)20(21)18-14-10-7-11-15-18/h6-16H,5H2,1-4H3/q+1. The van der Waals surface area contributed by atoms with Crippen LogP contribution in [-0.2, 0) is 14.1 Å². The lowest BCUT2D eigenvalue weighted by atomic mass is 10.1. The SMILES string of the molecule is CCC(C)Oc1c(-c2ccccc2)n(C)[n+](C)c1-c1ccccc1. The Labute approximate surface area is 144 Å². The van der Waals surface area contributed by atoms with Gasteiger partial charge in [0.15, 0.2) is 12.7 Å². The minimum absolute atomic E-state index is 0.164. The first-order valence-electron chi connectivity index (χ1n) is 8.50. The number of hydrogen-bond donors (Lipinski definition) is 0. The van der Waals surface area contributed by atoms with Crippen molar-refractivity contribution in [2.24, 2.45) is 14.1 Å². The van der Waals surface area contributed by atoms with Crippen molar-refractivity contribution in [1.82, 2.24) is 4.68 Å². The monoisotopic (exact) mass is 321 g/mol. The van der Waals surface area contributed by atoms with Crippen LogP contribution in [0, 0.1) is 0 Å². The minimum Gasteiger partial charge on any atom is -0.482 e. The molecule has 0 spiro atoms. The molecule has 1 unspecified atom stereocenters. The second kappa shape index (κ2) is 6.91. The molecule has 0 fully saturated rings. The molecule has 0 aliphatic rings. The molecule has 3 aromatic rings. The second-order valence-corrected chi connectivity index (χ2v) is 6.14. The van der Waals surface area contributed by atoms with E-state index in [4.69, 9.17) is 4.74 Å². The lowest BCUT2D eigenvalue weighted by Gasteiger charge is -2.12. The van der Waals surface area contributed by atoms with Crippen molar-refractivity contribution in [2.45, 2.75) is 26.4 Å². The molecular weight excluding hydrogens is 296 g/mol. The number of rotatable bonds is 5. The Morgan fingerprint density at radius 2 is 1.50 bits per heavy atom. The van der Waals surface area contributed by atoms with Gasteiger partial charge >= 0.3 is 0 Å². The Bertz CT molecular complexity index is 744. The van der Waals surface area contributed by atoms with E-state index in [1.54, 1.807) is 0 Å². The van der Waals surface area contributed by atoms with E-state index in [-0.39, 0.29) is 6.10 Å². The van der Waals surface area contributed by atoms with Gasteiger partial charge in [0.1, 0.15) is 0 Å². The first-order chi connectivity index (χ1) is 11.6. The summed E-state index contributed by atoms with van der Waals surface area (Å²) >= 11 is 0. The average molecular weight is 321 g/mol. The quantitative estimate of drug-likeness (QED) is 0.639. The maximum absolute atomic E-state index is 6.39. The lowest BCUT2D eigenvalue weighted by molar-refractivity contribution is -0.740. The summed E-state index contributed by atoms with van der Waals surface area (Å²) in [6, 6.07) is 20.9. The van der Waals surface area contributed by atoms with Gasteiger partial charge in [0, 0.05) is 5.56 Å². The number of nitrogens with zero attached hydrogens (tertiary/aromatic N) is 2. The van der Waals surface area contributed by atoms with E-state index in [9.17, 15) is 0 Å². The fourth-order valence-corrected chi connectivity index (χ4v) is 2.93. The van der Waals surface area contributed by atoms with Crippen molar-refractivity contribution < 1.29 is 9.42 Å². The van der Waals surface area contributed by atoms with Gasteiger partial charge in [-0.3, -0.25) is 0 Å². The molecule has 24 heavy (non-hydrogen) atoms. The average Bonchev–Trinajstić information content (AvgIpc) is 2.87. The molecule has 0 saturated heterocycles. The van der Waals surface area contributed by atoms with Gasteiger partial charge in [0.25, 0.3) is 5.69 Å². The fraction of sp³-hybridized carbons (Fsp3) is 0.286. The number of ether oxygens (including phenoxy) is 1. The Morgan fingerprint density at radius 1 is 0.958 bits per heavy atom. The molecule has 2 aromatic carbocycles. The summed E-state index contributed by atoms with van der Waals surface area (Å²) < 4.78 is 10.7. The second-order valence-electron chi connectivity index (χ2n) is 6.14. The van der Waals surface area contributed by atoms with Crippen molar-refractivity contribution in [3.63, 3.8) is 0 Å². The Kier molecular flexibility index (Phi) is 4.70. The molecule has 0 saturated carbocycles. The van der Waals surface area contributed by atoms with Crippen LogP contribution < -0.4 is 9.42 Å². The molecule has 1 heterocycles. The molecule has 0 aliphatic heterocycles. The van der Waals surface area contributed by atoms with E-state index in [0.29, 0.717) is 0 Å². The molecule has 0 bridgehead atoms. The maximum Gasteiger partial charge on any atom is 0.280 e. The molecule has 3 rings (SSSR count). The summed E-state index contributed by atoms with van der Waals surface area (Å²) in [7, 11) is 4.16. The van der Waals surface area contributed by atoms with E-state index in [1.165, 1.54) is 0 Å². The van der Waals surface area contributed by atoms with Crippen molar-refractivity contribution in [3.8, 4) is 28.3 Å². The van der Waals surface area contributed by atoms with E-state index in [0.717, 1.165) is 34.7 Å². The van der Waals surface area contributed by atoms with E-state index < -0.39 is 0 Å². The van der Waals surface area contributed by atoms with Gasteiger partial charge in [-0.2, -0.15) is 4.68 Å². The highest BCUT2D eigenvalue weighted by molar-refractivity contribution is 5.76. The van der Waals surface area contributed by atoms with Crippen LogP contribution in [0.1, 0.15) is 20.3 Å². The predicted molar refractivity (Wildman–Crippen MR) is 97.8 cm³/mol. The van der Waals surface area contributed by atoms with Gasteiger partial charge in [-0.05, 0) is 25.5 Å². The lowest BCUT2D eigenvalue weighted by Crippen LogP contribution is -2.39. The van der Waals surface area contributed by atoms with Crippen molar-refractivity contribution >= 4 is 0 Å². The zero-order valence-corrected chi connectivity index (χ0v) is 14.9. The van der Waals surface area contributed by atoms with Gasteiger partial charge in [-0.25, -0.2) is 0 Å². The molecule has 0 amide bonds. The van der Waals surface area contributed by atoms with Crippen LogP contribution in [0.15, 0.2) is 60.7 Å². The highest BCUT2D eigenvalue weighted by Crippen LogP contribution is 2.38. The van der Waals surface area contributed by atoms with Crippen molar-refractivity contribution in [3.05, 3.63) is 60.7 Å². The number of benzene rings is 2. The summed E-state index contributed by atoms with van der Waals surface area (Å²) in [5.74, 6) is 0.951. The van der Waals surface area contributed by atoms with E-state index >= 15 is 0 Å². The van der Waals surface area contributed by atoms with Gasteiger partial charge in [0.2, 0.25) is 5.75 Å². The molecule has 1 aromatic heterocycles. The third-order valence-corrected chi connectivity index (χ3v) is 4.52. The Hall–Kier alpha value is -2.55. The van der Waals surface area contributed by atoms with Gasteiger partial charge in [-0.1, -0.05) is 55.5 Å². The smallest absolute Gasteiger partial charge is 0.280 e.